The van der Waals surface area contributed by atoms with Crippen molar-refractivity contribution in [3.8, 4) is 5.69 Å². The first-order valence-corrected chi connectivity index (χ1v) is 11.2. The van der Waals surface area contributed by atoms with Crippen LogP contribution in [0.4, 0.5) is 4.79 Å². The van der Waals surface area contributed by atoms with Gasteiger partial charge in [-0.05, 0) is 53.9 Å². The first kappa shape index (κ1) is 22.3. The predicted molar refractivity (Wildman–Crippen MR) is 129 cm³/mol. The molecule has 35 heavy (non-hydrogen) atoms. The van der Waals surface area contributed by atoms with E-state index in [0.717, 1.165) is 26.9 Å². The van der Waals surface area contributed by atoms with Gasteiger partial charge in [-0.15, -0.1) is 0 Å². The lowest BCUT2D eigenvalue weighted by Gasteiger charge is -2.23. The Balaban J connectivity index is 1.26. The smallest absolute Gasteiger partial charge is 0.325 e. The maximum Gasteiger partial charge on any atom is 0.325 e. The third kappa shape index (κ3) is 4.12. The third-order valence-electron chi connectivity index (χ3n) is 6.36. The van der Waals surface area contributed by atoms with Crippen molar-refractivity contribution in [3.05, 3.63) is 90.5 Å². The molecule has 0 radical (unpaired) electrons. The fraction of sp³-hybridized carbons (Fsp3) is 0.192. The summed E-state index contributed by atoms with van der Waals surface area (Å²) < 4.78 is 1.64. The van der Waals surface area contributed by atoms with Gasteiger partial charge in [0, 0.05) is 0 Å². The highest BCUT2D eigenvalue weighted by Crippen LogP contribution is 2.31. The minimum absolute atomic E-state index is 0.320. The number of rotatable bonds is 6. The molecule has 1 aliphatic heterocycles. The summed E-state index contributed by atoms with van der Waals surface area (Å²) >= 11 is 0. The lowest BCUT2D eigenvalue weighted by molar-refractivity contribution is -0.135. The third-order valence-corrected chi connectivity index (χ3v) is 6.36. The van der Waals surface area contributed by atoms with Crippen LogP contribution >= 0.6 is 0 Å². The standard InChI is InChI=1S/C26H24N6O3/c1-17(18-8-11-22(12-9-18)32-16-27-15-28-32)29-23(33)14-31-24(34)26(2,30-25(31)35)21-10-7-19-5-3-4-6-20(19)13-21/h3-13,15-17H,14H2,1-2H3,(H,29,33)(H,30,35)/t17-,26+/m1/s1. The summed E-state index contributed by atoms with van der Waals surface area (Å²) in [6, 6.07) is 20.0. The molecule has 9 nitrogen and oxygen atoms in total. The molecule has 2 N–H and O–H groups in total. The fourth-order valence-electron chi connectivity index (χ4n) is 4.31. The van der Waals surface area contributed by atoms with E-state index in [1.807, 2.05) is 73.7 Å². The zero-order valence-corrected chi connectivity index (χ0v) is 19.3. The molecule has 176 valence electrons. The second kappa shape index (κ2) is 8.68. The Labute approximate surface area is 201 Å². The number of carbonyl (C=O) groups excluding carboxylic acids is 3. The van der Waals surface area contributed by atoms with Gasteiger partial charge >= 0.3 is 6.03 Å². The molecule has 4 amide bonds. The molecule has 1 aliphatic rings. The molecular formula is C26H24N6O3. The highest BCUT2D eigenvalue weighted by molar-refractivity contribution is 6.09. The molecule has 0 spiro atoms. The van der Waals surface area contributed by atoms with Crippen LogP contribution in [0, 0.1) is 0 Å². The number of urea groups is 1. The Morgan fingerprint density at radius 1 is 1.06 bits per heavy atom. The number of imide groups is 1. The molecule has 0 unspecified atom stereocenters. The predicted octanol–water partition coefficient (Wildman–Crippen LogP) is 3.06. The maximum absolute atomic E-state index is 13.3. The van der Waals surface area contributed by atoms with Crippen LogP contribution in [0.3, 0.4) is 0 Å². The molecular weight excluding hydrogens is 444 g/mol. The van der Waals surface area contributed by atoms with Gasteiger partial charge in [0.05, 0.1) is 11.7 Å². The second-order valence-electron chi connectivity index (χ2n) is 8.73. The van der Waals surface area contributed by atoms with Crippen LogP contribution < -0.4 is 10.6 Å². The van der Waals surface area contributed by atoms with Crippen molar-refractivity contribution in [2.75, 3.05) is 6.54 Å². The molecule has 9 heteroatoms. The first-order valence-electron chi connectivity index (χ1n) is 11.2. The van der Waals surface area contributed by atoms with Crippen LogP contribution in [0.5, 0.6) is 0 Å². The van der Waals surface area contributed by atoms with Gasteiger partial charge in [-0.3, -0.25) is 14.5 Å². The molecule has 1 saturated heterocycles. The summed E-state index contributed by atoms with van der Waals surface area (Å²) in [5.74, 6) is -0.887. The van der Waals surface area contributed by atoms with Crippen molar-refractivity contribution in [2.45, 2.75) is 25.4 Å². The normalized spacial score (nSPS) is 18.5. The summed E-state index contributed by atoms with van der Waals surface area (Å²) in [7, 11) is 0. The van der Waals surface area contributed by atoms with Crippen molar-refractivity contribution in [3.63, 3.8) is 0 Å². The summed E-state index contributed by atoms with van der Waals surface area (Å²) in [4.78, 5) is 43.6. The largest absolute Gasteiger partial charge is 0.348 e. The van der Waals surface area contributed by atoms with E-state index in [2.05, 4.69) is 20.7 Å². The van der Waals surface area contributed by atoms with Gasteiger partial charge in [-0.25, -0.2) is 14.5 Å². The van der Waals surface area contributed by atoms with Crippen LogP contribution in [0.2, 0.25) is 0 Å². The number of hydrogen-bond acceptors (Lipinski definition) is 5. The van der Waals surface area contributed by atoms with E-state index in [1.165, 1.54) is 6.33 Å². The molecule has 2 atom stereocenters. The van der Waals surface area contributed by atoms with Gasteiger partial charge in [0.1, 0.15) is 24.7 Å². The Kier molecular flexibility index (Phi) is 5.52. The number of aromatic nitrogens is 3. The van der Waals surface area contributed by atoms with Crippen molar-refractivity contribution in [2.24, 2.45) is 0 Å². The molecule has 0 bridgehead atoms. The SMILES string of the molecule is C[C@@H](NC(=O)CN1C(=O)N[C@@](C)(c2ccc3ccccc3c2)C1=O)c1ccc(-n2cncn2)cc1. The zero-order chi connectivity index (χ0) is 24.6. The van der Waals surface area contributed by atoms with Gasteiger partial charge < -0.3 is 10.6 Å². The molecule has 3 aromatic carbocycles. The second-order valence-corrected chi connectivity index (χ2v) is 8.73. The molecule has 0 aliphatic carbocycles. The molecule has 1 fully saturated rings. The average Bonchev–Trinajstić information content (AvgIpc) is 3.48. The van der Waals surface area contributed by atoms with E-state index in [4.69, 9.17) is 0 Å². The summed E-state index contributed by atoms with van der Waals surface area (Å²) in [6.45, 7) is 3.14. The van der Waals surface area contributed by atoms with E-state index >= 15 is 0 Å². The highest BCUT2D eigenvalue weighted by Gasteiger charge is 2.49. The average molecular weight is 469 g/mol. The van der Waals surface area contributed by atoms with Gasteiger partial charge in [-0.1, -0.05) is 48.5 Å². The molecule has 2 heterocycles. The summed E-state index contributed by atoms with van der Waals surface area (Å²) in [5, 5.41) is 11.7. The Bertz CT molecular complexity index is 1420. The maximum atomic E-state index is 13.3. The van der Waals surface area contributed by atoms with Gasteiger partial charge in [0.15, 0.2) is 0 Å². The number of nitrogens with zero attached hydrogens (tertiary/aromatic N) is 4. The Morgan fingerprint density at radius 3 is 2.51 bits per heavy atom. The first-order chi connectivity index (χ1) is 16.8. The molecule has 5 rings (SSSR count). The van der Waals surface area contributed by atoms with E-state index in [0.29, 0.717) is 5.56 Å². The van der Waals surface area contributed by atoms with Crippen LogP contribution in [-0.2, 0) is 15.1 Å². The quantitative estimate of drug-likeness (QED) is 0.423. The van der Waals surface area contributed by atoms with Crippen molar-refractivity contribution >= 4 is 28.6 Å². The monoisotopic (exact) mass is 468 g/mol. The Hall–Kier alpha value is -4.53. The minimum Gasteiger partial charge on any atom is -0.348 e. The zero-order valence-electron chi connectivity index (χ0n) is 19.3. The number of benzene rings is 3. The van der Waals surface area contributed by atoms with Gasteiger partial charge in [0.2, 0.25) is 5.91 Å². The number of carbonyl (C=O) groups is 3. The lowest BCUT2D eigenvalue weighted by atomic mass is 9.90. The van der Waals surface area contributed by atoms with E-state index in [-0.39, 0.29) is 12.6 Å². The van der Waals surface area contributed by atoms with E-state index in [9.17, 15) is 14.4 Å². The molecule has 4 aromatic rings. The topological polar surface area (TPSA) is 109 Å². The number of hydrogen-bond donors (Lipinski definition) is 2. The van der Waals surface area contributed by atoms with Crippen molar-refractivity contribution in [1.82, 2.24) is 30.3 Å². The van der Waals surface area contributed by atoms with Crippen LogP contribution in [-0.4, -0.2) is 44.1 Å². The number of fused-ring (bicyclic) bond motifs is 1. The van der Waals surface area contributed by atoms with Crippen molar-refractivity contribution < 1.29 is 14.4 Å². The summed E-state index contributed by atoms with van der Waals surface area (Å²) in [5.41, 5.74) is 1.14. The lowest BCUT2D eigenvalue weighted by Crippen LogP contribution is -2.43. The fourth-order valence-corrected chi connectivity index (χ4v) is 4.31. The van der Waals surface area contributed by atoms with Crippen LogP contribution in [0.15, 0.2) is 79.4 Å². The molecule has 1 aromatic heterocycles. The number of amides is 4. The minimum atomic E-state index is -1.25. The van der Waals surface area contributed by atoms with Gasteiger partial charge in [-0.2, -0.15) is 5.10 Å². The van der Waals surface area contributed by atoms with Gasteiger partial charge in [0.25, 0.3) is 5.91 Å². The summed E-state index contributed by atoms with van der Waals surface area (Å²) in [6.07, 6.45) is 3.06. The van der Waals surface area contributed by atoms with Crippen LogP contribution in [0.1, 0.15) is 31.0 Å². The Morgan fingerprint density at radius 2 is 1.80 bits per heavy atom. The number of nitrogens with one attached hydrogen (secondary N) is 2. The van der Waals surface area contributed by atoms with E-state index < -0.39 is 23.4 Å². The highest BCUT2D eigenvalue weighted by atomic mass is 16.2. The van der Waals surface area contributed by atoms with Crippen molar-refractivity contribution in [1.29, 1.82) is 0 Å². The van der Waals surface area contributed by atoms with E-state index in [1.54, 1.807) is 17.9 Å². The molecule has 0 saturated carbocycles. The van der Waals surface area contributed by atoms with Crippen LogP contribution in [0.25, 0.3) is 16.5 Å².